The zero-order valence-corrected chi connectivity index (χ0v) is 14.1. The van der Waals surface area contributed by atoms with Crippen LogP contribution in [0.4, 0.5) is 4.39 Å². The van der Waals surface area contributed by atoms with E-state index in [-0.39, 0.29) is 35.0 Å². The standard InChI is InChI=1S/C19H21FN2O3/c1-25-17-8-9-22(19(24)16-6-3-7-18(23)21-16)12-14(17)10-13-4-2-5-15(20)11-13/h2-7,11,14,17H,8-10,12H2,1H3,(H,21,23)/t14-,17+/m1/s1. The van der Waals surface area contributed by atoms with Crippen molar-refractivity contribution in [1.82, 2.24) is 9.88 Å². The molecule has 0 spiro atoms. The van der Waals surface area contributed by atoms with Gasteiger partial charge in [-0.05, 0) is 36.6 Å². The van der Waals surface area contributed by atoms with E-state index in [2.05, 4.69) is 4.98 Å². The maximum atomic E-state index is 13.4. The molecule has 1 N–H and O–H groups in total. The topological polar surface area (TPSA) is 62.4 Å². The third kappa shape index (κ3) is 4.14. The second-order valence-corrected chi connectivity index (χ2v) is 6.34. The van der Waals surface area contributed by atoms with E-state index in [0.717, 1.165) is 5.56 Å². The molecule has 1 aliphatic heterocycles. The first-order valence-corrected chi connectivity index (χ1v) is 8.32. The maximum absolute atomic E-state index is 13.4. The molecule has 2 heterocycles. The summed E-state index contributed by atoms with van der Waals surface area (Å²) in [6.07, 6.45) is 1.35. The fourth-order valence-electron chi connectivity index (χ4n) is 3.41. The molecule has 0 unspecified atom stereocenters. The van der Waals surface area contributed by atoms with Gasteiger partial charge in [-0.25, -0.2) is 4.39 Å². The Morgan fingerprint density at radius 2 is 2.12 bits per heavy atom. The number of aromatic amines is 1. The minimum absolute atomic E-state index is 0.0159. The third-order valence-electron chi connectivity index (χ3n) is 4.64. The predicted octanol–water partition coefficient (Wildman–Crippen LogP) is 2.23. The van der Waals surface area contributed by atoms with Gasteiger partial charge in [-0.3, -0.25) is 9.59 Å². The molecule has 0 radical (unpaired) electrons. The van der Waals surface area contributed by atoms with Crippen LogP contribution in [0.1, 0.15) is 22.5 Å². The number of nitrogens with one attached hydrogen (secondary N) is 1. The second-order valence-electron chi connectivity index (χ2n) is 6.34. The lowest BCUT2D eigenvalue weighted by Crippen LogP contribution is -2.47. The molecule has 6 heteroatoms. The fraction of sp³-hybridized carbons (Fsp3) is 0.368. The van der Waals surface area contributed by atoms with Crippen LogP contribution in [-0.4, -0.2) is 42.1 Å². The molecular formula is C19H21FN2O3. The Hall–Kier alpha value is -2.47. The normalized spacial score (nSPS) is 20.5. The summed E-state index contributed by atoms with van der Waals surface area (Å²) in [5.74, 6) is -0.395. The van der Waals surface area contributed by atoms with Crippen LogP contribution in [0.2, 0.25) is 0 Å². The van der Waals surface area contributed by atoms with E-state index < -0.39 is 0 Å². The Balaban J connectivity index is 1.75. The molecule has 5 nitrogen and oxygen atoms in total. The number of carbonyl (C=O) groups excluding carboxylic acids is 1. The number of amides is 1. The molecule has 132 valence electrons. The van der Waals surface area contributed by atoms with E-state index in [9.17, 15) is 14.0 Å². The van der Waals surface area contributed by atoms with Crippen LogP contribution in [0.5, 0.6) is 0 Å². The number of rotatable bonds is 4. The summed E-state index contributed by atoms with van der Waals surface area (Å²) >= 11 is 0. The lowest BCUT2D eigenvalue weighted by Gasteiger charge is -2.38. The van der Waals surface area contributed by atoms with Crippen molar-refractivity contribution < 1.29 is 13.9 Å². The summed E-state index contributed by atoms with van der Waals surface area (Å²) in [7, 11) is 1.66. The summed E-state index contributed by atoms with van der Waals surface area (Å²) in [6.45, 7) is 1.07. The first-order chi connectivity index (χ1) is 12.1. The highest BCUT2D eigenvalue weighted by Crippen LogP contribution is 2.25. The van der Waals surface area contributed by atoms with Crippen molar-refractivity contribution in [2.24, 2.45) is 5.92 Å². The van der Waals surface area contributed by atoms with Gasteiger partial charge in [-0.1, -0.05) is 18.2 Å². The van der Waals surface area contributed by atoms with Gasteiger partial charge in [0.05, 0.1) is 6.10 Å². The maximum Gasteiger partial charge on any atom is 0.270 e. The number of likely N-dealkylation sites (tertiary alicyclic amines) is 1. The van der Waals surface area contributed by atoms with Crippen molar-refractivity contribution in [1.29, 1.82) is 0 Å². The number of methoxy groups -OCH3 is 1. The van der Waals surface area contributed by atoms with E-state index in [1.165, 1.54) is 18.2 Å². The largest absolute Gasteiger partial charge is 0.381 e. The molecule has 1 amide bonds. The SMILES string of the molecule is CO[C@H]1CCN(C(=O)c2cccc(=O)[nH]2)C[C@H]1Cc1cccc(F)c1. The molecule has 0 aliphatic carbocycles. The van der Waals surface area contributed by atoms with Gasteiger partial charge < -0.3 is 14.6 Å². The van der Waals surface area contributed by atoms with Gasteiger partial charge in [0.2, 0.25) is 5.56 Å². The summed E-state index contributed by atoms with van der Waals surface area (Å²) < 4.78 is 19.0. The predicted molar refractivity (Wildman–Crippen MR) is 92.0 cm³/mol. The zero-order valence-electron chi connectivity index (χ0n) is 14.1. The van der Waals surface area contributed by atoms with Gasteiger partial charge in [0.1, 0.15) is 11.5 Å². The number of halogens is 1. The van der Waals surface area contributed by atoms with Gasteiger partial charge in [-0.15, -0.1) is 0 Å². The molecule has 0 bridgehead atoms. The lowest BCUT2D eigenvalue weighted by molar-refractivity contribution is -0.00320. The monoisotopic (exact) mass is 344 g/mol. The smallest absolute Gasteiger partial charge is 0.270 e. The highest BCUT2D eigenvalue weighted by Gasteiger charge is 2.32. The van der Waals surface area contributed by atoms with Gasteiger partial charge in [0.15, 0.2) is 0 Å². The number of carbonyl (C=O) groups is 1. The molecule has 1 aliphatic rings. The Morgan fingerprint density at radius 1 is 1.32 bits per heavy atom. The molecule has 25 heavy (non-hydrogen) atoms. The molecule has 3 rings (SSSR count). The molecule has 2 atom stereocenters. The molecule has 1 aromatic carbocycles. The van der Waals surface area contributed by atoms with Crippen LogP contribution in [-0.2, 0) is 11.2 Å². The molecular weight excluding hydrogens is 323 g/mol. The van der Waals surface area contributed by atoms with Crippen LogP contribution in [0.3, 0.4) is 0 Å². The quantitative estimate of drug-likeness (QED) is 0.925. The van der Waals surface area contributed by atoms with E-state index in [1.54, 1.807) is 30.2 Å². The molecule has 2 aromatic rings. The summed E-state index contributed by atoms with van der Waals surface area (Å²) in [6, 6.07) is 11.0. The Labute approximate surface area is 145 Å². The van der Waals surface area contributed by atoms with Crippen molar-refractivity contribution >= 4 is 5.91 Å². The average Bonchev–Trinajstić information content (AvgIpc) is 2.61. The molecule has 0 saturated carbocycles. The first kappa shape index (κ1) is 17.4. The number of aromatic nitrogens is 1. The van der Waals surface area contributed by atoms with Crippen LogP contribution in [0.15, 0.2) is 47.3 Å². The van der Waals surface area contributed by atoms with Crippen LogP contribution >= 0.6 is 0 Å². The Bertz CT molecular complexity index is 805. The fourth-order valence-corrected chi connectivity index (χ4v) is 3.41. The van der Waals surface area contributed by atoms with Gasteiger partial charge in [0, 0.05) is 32.2 Å². The highest BCUT2D eigenvalue weighted by molar-refractivity contribution is 5.92. The van der Waals surface area contributed by atoms with E-state index >= 15 is 0 Å². The number of H-pyrrole nitrogens is 1. The minimum Gasteiger partial charge on any atom is -0.381 e. The van der Waals surface area contributed by atoms with Gasteiger partial charge in [-0.2, -0.15) is 0 Å². The summed E-state index contributed by atoms with van der Waals surface area (Å²) in [5.41, 5.74) is 0.872. The van der Waals surface area contributed by atoms with Crippen molar-refractivity contribution in [3.63, 3.8) is 0 Å². The van der Waals surface area contributed by atoms with Crippen LogP contribution in [0, 0.1) is 11.7 Å². The summed E-state index contributed by atoms with van der Waals surface area (Å²) in [4.78, 5) is 28.4. The van der Waals surface area contributed by atoms with Crippen molar-refractivity contribution in [2.45, 2.75) is 18.9 Å². The Morgan fingerprint density at radius 3 is 2.84 bits per heavy atom. The number of hydrogen-bond acceptors (Lipinski definition) is 3. The Kier molecular flexibility index (Phi) is 5.28. The van der Waals surface area contributed by atoms with Gasteiger partial charge in [0.25, 0.3) is 5.91 Å². The first-order valence-electron chi connectivity index (χ1n) is 8.32. The number of pyridine rings is 1. The average molecular weight is 344 g/mol. The molecule has 1 fully saturated rings. The number of benzene rings is 1. The second kappa shape index (κ2) is 7.61. The number of ether oxygens (including phenoxy) is 1. The molecule has 1 saturated heterocycles. The van der Waals surface area contributed by atoms with E-state index in [1.807, 2.05) is 6.07 Å². The van der Waals surface area contributed by atoms with Crippen molar-refractivity contribution in [3.05, 3.63) is 69.9 Å². The highest BCUT2D eigenvalue weighted by atomic mass is 19.1. The van der Waals surface area contributed by atoms with Gasteiger partial charge >= 0.3 is 0 Å². The van der Waals surface area contributed by atoms with Crippen molar-refractivity contribution in [3.8, 4) is 0 Å². The van der Waals surface area contributed by atoms with Crippen LogP contribution < -0.4 is 5.56 Å². The number of nitrogens with zero attached hydrogens (tertiary/aromatic N) is 1. The number of hydrogen-bond donors (Lipinski definition) is 1. The van der Waals surface area contributed by atoms with E-state index in [4.69, 9.17) is 4.74 Å². The molecule has 1 aromatic heterocycles. The van der Waals surface area contributed by atoms with Crippen molar-refractivity contribution in [2.75, 3.05) is 20.2 Å². The lowest BCUT2D eigenvalue weighted by atomic mass is 9.88. The minimum atomic E-state index is -0.297. The van der Waals surface area contributed by atoms with E-state index in [0.29, 0.717) is 25.9 Å². The van der Waals surface area contributed by atoms with Crippen LogP contribution in [0.25, 0.3) is 0 Å². The number of piperidine rings is 1. The third-order valence-corrected chi connectivity index (χ3v) is 4.64. The summed E-state index contributed by atoms with van der Waals surface area (Å²) in [5, 5.41) is 0. The zero-order chi connectivity index (χ0) is 17.8.